The summed E-state index contributed by atoms with van der Waals surface area (Å²) in [7, 11) is 0. The summed E-state index contributed by atoms with van der Waals surface area (Å²) in [5.41, 5.74) is 6.20. The van der Waals surface area contributed by atoms with Crippen molar-refractivity contribution in [2.24, 2.45) is 4.99 Å². The molecule has 0 bridgehead atoms. The van der Waals surface area contributed by atoms with Gasteiger partial charge in [0, 0.05) is 34.8 Å². The van der Waals surface area contributed by atoms with Crippen LogP contribution in [0, 0.1) is 13.8 Å². The van der Waals surface area contributed by atoms with Gasteiger partial charge >= 0.3 is 0 Å². The van der Waals surface area contributed by atoms with Crippen molar-refractivity contribution in [2.75, 3.05) is 5.75 Å². The van der Waals surface area contributed by atoms with Gasteiger partial charge in [0.2, 0.25) is 0 Å². The van der Waals surface area contributed by atoms with E-state index in [0.717, 1.165) is 17.9 Å². The lowest BCUT2D eigenvalue weighted by atomic mass is 9.95. The van der Waals surface area contributed by atoms with Crippen LogP contribution in [0.5, 0.6) is 0 Å². The summed E-state index contributed by atoms with van der Waals surface area (Å²) < 4.78 is 2.43. The molecule has 1 fully saturated rings. The SMILES string of the molecule is CC[C@@H]1CSC2=N[C@H](c3ccccn3)[C@@H](c3cc(C)n(-c4cccc5ccccc45)c3C)N21. The third-order valence-corrected chi connectivity index (χ3v) is 8.25. The van der Waals surface area contributed by atoms with Crippen molar-refractivity contribution in [3.05, 3.63) is 95.6 Å². The molecule has 0 aliphatic carbocycles. The molecule has 2 aromatic heterocycles. The molecule has 4 heterocycles. The Kier molecular flexibility index (Phi) is 5.02. The van der Waals surface area contributed by atoms with Crippen molar-refractivity contribution >= 4 is 27.7 Å². The lowest BCUT2D eigenvalue weighted by Crippen LogP contribution is -2.35. The van der Waals surface area contributed by atoms with Crippen LogP contribution in [0.1, 0.15) is 48.1 Å². The number of nitrogens with zero attached hydrogens (tertiary/aromatic N) is 4. The van der Waals surface area contributed by atoms with E-state index in [1.54, 1.807) is 0 Å². The van der Waals surface area contributed by atoms with E-state index in [1.165, 1.54) is 38.6 Å². The number of thioether (sulfide) groups is 1. The summed E-state index contributed by atoms with van der Waals surface area (Å²) in [5, 5.41) is 3.72. The number of hydrogen-bond acceptors (Lipinski definition) is 4. The van der Waals surface area contributed by atoms with Crippen LogP contribution in [0.25, 0.3) is 16.5 Å². The minimum atomic E-state index is 0.0181. The summed E-state index contributed by atoms with van der Waals surface area (Å²) in [6.45, 7) is 6.78. The second kappa shape index (κ2) is 8.07. The first-order valence-corrected chi connectivity index (χ1v) is 12.7. The summed E-state index contributed by atoms with van der Waals surface area (Å²) in [6.07, 6.45) is 3.01. The van der Waals surface area contributed by atoms with Crippen LogP contribution >= 0.6 is 11.8 Å². The second-order valence-corrected chi connectivity index (χ2v) is 9.98. The monoisotopic (exact) mass is 452 g/mol. The highest BCUT2D eigenvalue weighted by atomic mass is 32.2. The minimum Gasteiger partial charge on any atom is -0.338 e. The average Bonchev–Trinajstić information content (AvgIpc) is 3.50. The van der Waals surface area contributed by atoms with Crippen LogP contribution < -0.4 is 0 Å². The summed E-state index contributed by atoms with van der Waals surface area (Å²) >= 11 is 1.90. The Labute approximate surface area is 199 Å². The second-order valence-electron chi connectivity index (χ2n) is 9.00. The molecule has 2 aliphatic rings. The molecular formula is C28H28N4S. The molecule has 166 valence electrons. The first kappa shape index (κ1) is 20.5. The number of hydrogen-bond donors (Lipinski definition) is 0. The van der Waals surface area contributed by atoms with Crippen molar-refractivity contribution in [3.8, 4) is 5.69 Å². The van der Waals surface area contributed by atoms with Gasteiger partial charge in [-0.1, -0.05) is 61.2 Å². The number of aliphatic imine (C=N–C) groups is 1. The van der Waals surface area contributed by atoms with Gasteiger partial charge in [-0.3, -0.25) is 9.98 Å². The summed E-state index contributed by atoms with van der Waals surface area (Å²) in [4.78, 5) is 12.5. The topological polar surface area (TPSA) is 33.4 Å². The number of amidine groups is 1. The molecule has 2 aliphatic heterocycles. The Bertz CT molecular complexity index is 1350. The van der Waals surface area contributed by atoms with E-state index >= 15 is 0 Å². The lowest BCUT2D eigenvalue weighted by Gasteiger charge is -2.32. The maximum Gasteiger partial charge on any atom is 0.160 e. The van der Waals surface area contributed by atoms with Crippen molar-refractivity contribution in [1.82, 2.24) is 14.5 Å². The van der Waals surface area contributed by atoms with Gasteiger partial charge in [0.15, 0.2) is 5.17 Å². The van der Waals surface area contributed by atoms with E-state index in [9.17, 15) is 0 Å². The molecule has 1 saturated heterocycles. The third-order valence-electron chi connectivity index (χ3n) is 7.13. The molecule has 5 heteroatoms. The van der Waals surface area contributed by atoms with Crippen LogP contribution in [-0.4, -0.2) is 31.4 Å². The highest BCUT2D eigenvalue weighted by Crippen LogP contribution is 2.50. The maximum absolute atomic E-state index is 5.21. The fourth-order valence-electron chi connectivity index (χ4n) is 5.55. The van der Waals surface area contributed by atoms with Crippen molar-refractivity contribution < 1.29 is 0 Å². The minimum absolute atomic E-state index is 0.0181. The maximum atomic E-state index is 5.21. The van der Waals surface area contributed by atoms with Gasteiger partial charge in [0.25, 0.3) is 0 Å². The predicted octanol–water partition coefficient (Wildman–Crippen LogP) is 6.62. The highest BCUT2D eigenvalue weighted by Gasteiger charge is 2.46. The molecule has 0 N–H and O–H groups in total. The third kappa shape index (κ3) is 3.21. The van der Waals surface area contributed by atoms with Crippen LogP contribution in [-0.2, 0) is 0 Å². The number of pyridine rings is 1. The van der Waals surface area contributed by atoms with Crippen molar-refractivity contribution in [1.29, 1.82) is 0 Å². The van der Waals surface area contributed by atoms with Gasteiger partial charge in [0.05, 0.1) is 17.4 Å². The van der Waals surface area contributed by atoms with Crippen LogP contribution in [0.4, 0.5) is 0 Å². The fraction of sp³-hybridized carbons (Fsp3) is 0.286. The van der Waals surface area contributed by atoms with E-state index in [4.69, 9.17) is 9.98 Å². The van der Waals surface area contributed by atoms with Gasteiger partial charge in [-0.2, -0.15) is 0 Å². The van der Waals surface area contributed by atoms with Crippen molar-refractivity contribution in [2.45, 2.75) is 45.3 Å². The average molecular weight is 453 g/mol. The standard InChI is InChI=1S/C28H28N4S/c1-4-21-17-33-28-30-26(24-13-7-8-15-29-24)27(32(21)28)23-16-18(2)31(19(23)3)25-14-9-11-20-10-5-6-12-22(20)25/h5-16,21,26-27H,4,17H2,1-3H3/t21-,26-,27-/m1/s1. The van der Waals surface area contributed by atoms with Crippen molar-refractivity contribution in [3.63, 3.8) is 0 Å². The molecule has 33 heavy (non-hydrogen) atoms. The van der Waals surface area contributed by atoms with E-state index in [1.807, 2.05) is 24.0 Å². The first-order valence-electron chi connectivity index (χ1n) is 11.7. The molecule has 0 amide bonds. The Balaban J connectivity index is 1.52. The molecule has 0 saturated carbocycles. The smallest absolute Gasteiger partial charge is 0.160 e. The summed E-state index contributed by atoms with van der Waals surface area (Å²) in [6, 6.07) is 24.5. The Morgan fingerprint density at radius 3 is 2.64 bits per heavy atom. The van der Waals surface area contributed by atoms with Crippen LogP contribution in [0.2, 0.25) is 0 Å². The molecule has 3 atom stereocenters. The molecule has 4 nitrogen and oxygen atoms in total. The quantitative estimate of drug-likeness (QED) is 0.349. The normalized spacial score (nSPS) is 22.1. The Morgan fingerprint density at radius 1 is 1.00 bits per heavy atom. The zero-order valence-electron chi connectivity index (χ0n) is 19.3. The molecule has 0 unspecified atom stereocenters. The van der Waals surface area contributed by atoms with Gasteiger partial charge in [-0.05, 0) is 55.5 Å². The zero-order chi connectivity index (χ0) is 22.5. The Morgan fingerprint density at radius 2 is 1.82 bits per heavy atom. The lowest BCUT2D eigenvalue weighted by molar-refractivity contribution is 0.254. The van der Waals surface area contributed by atoms with Gasteiger partial charge in [0.1, 0.15) is 6.04 Å². The molecule has 2 aromatic carbocycles. The van der Waals surface area contributed by atoms with Crippen LogP contribution in [0.3, 0.4) is 0 Å². The molecule has 0 spiro atoms. The van der Waals surface area contributed by atoms with Crippen LogP contribution in [0.15, 0.2) is 77.9 Å². The largest absolute Gasteiger partial charge is 0.338 e. The number of rotatable bonds is 4. The molecule has 6 rings (SSSR count). The number of aryl methyl sites for hydroxylation is 1. The molecule has 0 radical (unpaired) electrons. The number of fused-ring (bicyclic) bond motifs is 2. The van der Waals surface area contributed by atoms with E-state index < -0.39 is 0 Å². The van der Waals surface area contributed by atoms with Gasteiger partial charge in [-0.25, -0.2) is 0 Å². The van der Waals surface area contributed by atoms with Gasteiger partial charge < -0.3 is 9.47 Å². The first-order chi connectivity index (χ1) is 16.2. The van der Waals surface area contributed by atoms with Gasteiger partial charge in [-0.15, -0.1) is 0 Å². The van der Waals surface area contributed by atoms with E-state index in [2.05, 4.69) is 90.9 Å². The number of benzene rings is 2. The number of aromatic nitrogens is 2. The molecular weight excluding hydrogens is 424 g/mol. The zero-order valence-corrected chi connectivity index (χ0v) is 20.1. The Hall–Kier alpha value is -3.05. The predicted molar refractivity (Wildman–Crippen MR) is 138 cm³/mol. The fourth-order valence-corrected chi connectivity index (χ4v) is 6.89. The summed E-state index contributed by atoms with van der Waals surface area (Å²) in [5.74, 6) is 1.11. The molecule has 4 aromatic rings. The highest BCUT2D eigenvalue weighted by molar-refractivity contribution is 8.14. The van der Waals surface area contributed by atoms with E-state index in [0.29, 0.717) is 6.04 Å². The van der Waals surface area contributed by atoms with E-state index in [-0.39, 0.29) is 12.1 Å².